The Bertz CT molecular complexity index is 634. The summed E-state index contributed by atoms with van der Waals surface area (Å²) in [4.78, 5) is 11.7. The van der Waals surface area contributed by atoms with Gasteiger partial charge in [0.2, 0.25) is 5.91 Å². The van der Waals surface area contributed by atoms with Gasteiger partial charge in [-0.15, -0.1) is 0 Å². The molecule has 0 aromatic heterocycles. The first kappa shape index (κ1) is 16.3. The lowest BCUT2D eigenvalue weighted by atomic mass is 10.1. The van der Waals surface area contributed by atoms with Crippen LogP contribution in [0.2, 0.25) is 5.02 Å². The third-order valence-corrected chi connectivity index (χ3v) is 3.28. The van der Waals surface area contributed by atoms with Crippen LogP contribution in [0.1, 0.15) is 11.7 Å². The SMILES string of the molecule is O=C(CNc1cccc(F)c1)NC[C@H](O)c1ccc(Cl)cc1. The van der Waals surface area contributed by atoms with Crippen molar-refractivity contribution in [1.82, 2.24) is 5.32 Å². The molecule has 3 N–H and O–H groups in total. The van der Waals surface area contributed by atoms with Crippen LogP contribution in [0.3, 0.4) is 0 Å². The van der Waals surface area contributed by atoms with E-state index >= 15 is 0 Å². The Balaban J connectivity index is 1.76. The van der Waals surface area contributed by atoms with Crippen molar-refractivity contribution >= 4 is 23.2 Å². The number of nitrogens with one attached hydrogen (secondary N) is 2. The third-order valence-electron chi connectivity index (χ3n) is 3.03. The summed E-state index contributed by atoms with van der Waals surface area (Å²) in [5.74, 6) is -0.666. The molecular formula is C16H16ClFN2O2. The number of hydrogen-bond acceptors (Lipinski definition) is 3. The quantitative estimate of drug-likeness (QED) is 0.766. The highest BCUT2D eigenvalue weighted by molar-refractivity contribution is 6.30. The summed E-state index contributed by atoms with van der Waals surface area (Å²) in [6.07, 6.45) is -0.810. The molecular weight excluding hydrogens is 307 g/mol. The summed E-state index contributed by atoms with van der Waals surface area (Å²) in [6.45, 7) is 0.0854. The van der Waals surface area contributed by atoms with Gasteiger partial charge < -0.3 is 15.7 Å². The molecule has 6 heteroatoms. The summed E-state index contributed by atoms with van der Waals surface area (Å²) in [5.41, 5.74) is 1.19. The predicted octanol–water partition coefficient (Wildman–Crippen LogP) is 2.74. The first-order valence-electron chi connectivity index (χ1n) is 6.74. The number of carbonyl (C=O) groups excluding carboxylic acids is 1. The van der Waals surface area contributed by atoms with Gasteiger partial charge in [-0.2, -0.15) is 0 Å². The van der Waals surface area contributed by atoms with Gasteiger partial charge in [0.1, 0.15) is 5.82 Å². The number of anilines is 1. The number of halogens is 2. The number of carbonyl (C=O) groups is 1. The Morgan fingerprint density at radius 2 is 1.95 bits per heavy atom. The highest BCUT2D eigenvalue weighted by Gasteiger charge is 2.09. The van der Waals surface area contributed by atoms with Crippen molar-refractivity contribution in [1.29, 1.82) is 0 Å². The average molecular weight is 323 g/mol. The van der Waals surface area contributed by atoms with Gasteiger partial charge in [-0.3, -0.25) is 4.79 Å². The van der Waals surface area contributed by atoms with Gasteiger partial charge >= 0.3 is 0 Å². The molecule has 1 amide bonds. The minimum Gasteiger partial charge on any atom is -0.387 e. The van der Waals surface area contributed by atoms with Crippen molar-refractivity contribution in [2.75, 3.05) is 18.4 Å². The Labute approximate surface area is 132 Å². The molecule has 0 aliphatic heterocycles. The predicted molar refractivity (Wildman–Crippen MR) is 84.3 cm³/mol. The van der Waals surface area contributed by atoms with Crippen LogP contribution in [0.15, 0.2) is 48.5 Å². The second-order valence-corrected chi connectivity index (χ2v) is 5.17. The van der Waals surface area contributed by atoms with Gasteiger partial charge in [0.15, 0.2) is 0 Å². The molecule has 0 saturated carbocycles. The molecule has 1 atom stereocenters. The lowest BCUT2D eigenvalue weighted by Crippen LogP contribution is -2.33. The monoisotopic (exact) mass is 322 g/mol. The van der Waals surface area contributed by atoms with Crippen LogP contribution in [0.5, 0.6) is 0 Å². The lowest BCUT2D eigenvalue weighted by Gasteiger charge is -2.13. The fourth-order valence-corrected chi connectivity index (χ4v) is 1.98. The Morgan fingerprint density at radius 3 is 2.64 bits per heavy atom. The van der Waals surface area contributed by atoms with Crippen LogP contribution in [0.4, 0.5) is 10.1 Å². The lowest BCUT2D eigenvalue weighted by molar-refractivity contribution is -0.119. The van der Waals surface area contributed by atoms with E-state index in [0.717, 1.165) is 0 Å². The first-order valence-corrected chi connectivity index (χ1v) is 7.12. The van der Waals surface area contributed by atoms with Crippen LogP contribution in [0, 0.1) is 5.82 Å². The van der Waals surface area contributed by atoms with Gasteiger partial charge in [0.05, 0.1) is 12.6 Å². The zero-order valence-electron chi connectivity index (χ0n) is 11.7. The standard InChI is InChI=1S/C16H16ClFN2O2/c17-12-6-4-11(5-7-12)15(21)9-20-16(22)10-19-14-3-1-2-13(18)8-14/h1-8,15,19,21H,9-10H2,(H,20,22)/t15-/m0/s1. The van der Waals surface area contributed by atoms with Gasteiger partial charge in [-0.05, 0) is 35.9 Å². The topological polar surface area (TPSA) is 61.4 Å². The number of rotatable bonds is 6. The van der Waals surface area contributed by atoms with E-state index in [4.69, 9.17) is 11.6 Å². The second-order valence-electron chi connectivity index (χ2n) is 4.74. The van der Waals surface area contributed by atoms with Crippen LogP contribution >= 0.6 is 11.6 Å². The molecule has 0 bridgehead atoms. The summed E-state index contributed by atoms with van der Waals surface area (Å²) < 4.78 is 13.0. The maximum Gasteiger partial charge on any atom is 0.239 e. The molecule has 0 aliphatic carbocycles. The van der Waals surface area contributed by atoms with Crippen molar-refractivity contribution < 1.29 is 14.3 Å². The van der Waals surface area contributed by atoms with E-state index in [1.807, 2.05) is 0 Å². The van der Waals surface area contributed by atoms with Gasteiger partial charge in [0.25, 0.3) is 0 Å². The van der Waals surface area contributed by atoms with Gasteiger partial charge in [-0.25, -0.2) is 4.39 Å². The minimum atomic E-state index is -0.810. The molecule has 2 rings (SSSR count). The zero-order valence-corrected chi connectivity index (χ0v) is 12.5. The van der Waals surface area contributed by atoms with Gasteiger partial charge in [-0.1, -0.05) is 29.8 Å². The Hall–Kier alpha value is -2.11. The van der Waals surface area contributed by atoms with E-state index < -0.39 is 6.10 Å². The van der Waals surface area contributed by atoms with Crippen molar-refractivity contribution in [3.05, 3.63) is 64.9 Å². The Kier molecular flexibility index (Phi) is 5.75. The molecule has 0 aliphatic rings. The van der Waals surface area contributed by atoms with Crippen molar-refractivity contribution in [3.63, 3.8) is 0 Å². The second kappa shape index (κ2) is 7.77. The van der Waals surface area contributed by atoms with Crippen molar-refractivity contribution in [2.24, 2.45) is 0 Å². The molecule has 0 fully saturated rings. The maximum atomic E-state index is 13.0. The average Bonchev–Trinajstić information content (AvgIpc) is 2.51. The fraction of sp³-hybridized carbons (Fsp3) is 0.188. The Morgan fingerprint density at radius 1 is 1.23 bits per heavy atom. The molecule has 22 heavy (non-hydrogen) atoms. The number of benzene rings is 2. The zero-order chi connectivity index (χ0) is 15.9. The van der Waals surface area contributed by atoms with Gasteiger partial charge in [0, 0.05) is 17.3 Å². The molecule has 0 unspecified atom stereocenters. The van der Waals surface area contributed by atoms with E-state index in [-0.39, 0.29) is 24.8 Å². The maximum absolute atomic E-state index is 13.0. The molecule has 0 heterocycles. The van der Waals surface area contributed by atoms with E-state index in [9.17, 15) is 14.3 Å². The highest BCUT2D eigenvalue weighted by atomic mass is 35.5. The van der Waals surface area contributed by atoms with E-state index in [1.54, 1.807) is 36.4 Å². The number of aliphatic hydroxyl groups is 1. The number of hydrogen-bond donors (Lipinski definition) is 3. The first-order chi connectivity index (χ1) is 10.5. The van der Waals surface area contributed by atoms with Crippen LogP contribution in [0.25, 0.3) is 0 Å². The minimum absolute atomic E-state index is 0.00318. The molecule has 0 saturated heterocycles. The molecule has 2 aromatic rings. The van der Waals surface area contributed by atoms with E-state index in [1.165, 1.54) is 12.1 Å². The smallest absolute Gasteiger partial charge is 0.239 e. The fourth-order valence-electron chi connectivity index (χ4n) is 1.86. The summed E-state index contributed by atoms with van der Waals surface area (Å²) in [6, 6.07) is 12.6. The summed E-state index contributed by atoms with van der Waals surface area (Å²) in [5, 5.41) is 15.9. The van der Waals surface area contributed by atoms with Crippen LogP contribution in [-0.2, 0) is 4.79 Å². The largest absolute Gasteiger partial charge is 0.387 e. The molecule has 2 aromatic carbocycles. The summed E-state index contributed by atoms with van der Waals surface area (Å²) in [7, 11) is 0. The normalized spacial score (nSPS) is 11.8. The molecule has 0 spiro atoms. The van der Waals surface area contributed by atoms with E-state index in [0.29, 0.717) is 16.3 Å². The number of aliphatic hydroxyl groups excluding tert-OH is 1. The van der Waals surface area contributed by atoms with Crippen molar-refractivity contribution in [3.8, 4) is 0 Å². The molecule has 4 nitrogen and oxygen atoms in total. The summed E-state index contributed by atoms with van der Waals surface area (Å²) >= 11 is 5.77. The van der Waals surface area contributed by atoms with E-state index in [2.05, 4.69) is 10.6 Å². The highest BCUT2D eigenvalue weighted by Crippen LogP contribution is 2.15. The third kappa shape index (κ3) is 5.02. The van der Waals surface area contributed by atoms with Crippen LogP contribution in [-0.4, -0.2) is 24.1 Å². The molecule has 0 radical (unpaired) electrons. The molecule has 116 valence electrons. The number of amides is 1. The van der Waals surface area contributed by atoms with Crippen LogP contribution < -0.4 is 10.6 Å². The van der Waals surface area contributed by atoms with Crippen molar-refractivity contribution in [2.45, 2.75) is 6.10 Å².